The van der Waals surface area contributed by atoms with Crippen LogP contribution in [0.1, 0.15) is 28.8 Å². The molecule has 0 radical (unpaired) electrons. The van der Waals surface area contributed by atoms with Gasteiger partial charge in [-0.15, -0.1) is 0 Å². The van der Waals surface area contributed by atoms with Gasteiger partial charge < -0.3 is 15.0 Å². The van der Waals surface area contributed by atoms with Gasteiger partial charge in [0.25, 0.3) is 11.8 Å². The van der Waals surface area contributed by atoms with E-state index < -0.39 is 5.97 Å². The van der Waals surface area contributed by atoms with Gasteiger partial charge in [-0.1, -0.05) is 12.1 Å². The van der Waals surface area contributed by atoms with Crippen LogP contribution in [0, 0.1) is 5.82 Å². The van der Waals surface area contributed by atoms with Gasteiger partial charge in [0.1, 0.15) is 5.82 Å². The Bertz CT molecular complexity index is 780. The summed E-state index contributed by atoms with van der Waals surface area (Å²) in [4.78, 5) is 36.8. The van der Waals surface area contributed by atoms with Gasteiger partial charge in [0, 0.05) is 37.5 Å². The van der Waals surface area contributed by atoms with E-state index in [1.165, 1.54) is 28.4 Å². The van der Waals surface area contributed by atoms with E-state index in [-0.39, 0.29) is 37.2 Å². The van der Waals surface area contributed by atoms with Crippen molar-refractivity contribution in [3.63, 3.8) is 0 Å². The highest BCUT2D eigenvalue weighted by atomic mass is 32.1. The molecule has 0 aliphatic rings. The average molecular weight is 392 g/mol. The summed E-state index contributed by atoms with van der Waals surface area (Å²) in [7, 11) is 1.56. The number of carbonyl (C=O) groups is 3. The van der Waals surface area contributed by atoms with E-state index in [2.05, 4.69) is 5.32 Å². The van der Waals surface area contributed by atoms with E-state index in [1.807, 2.05) is 5.38 Å². The first-order chi connectivity index (χ1) is 13.0. The van der Waals surface area contributed by atoms with Gasteiger partial charge in [0.05, 0.1) is 0 Å². The van der Waals surface area contributed by atoms with Crippen LogP contribution in [0.25, 0.3) is 0 Å². The van der Waals surface area contributed by atoms with Gasteiger partial charge in [-0.3, -0.25) is 14.4 Å². The standard InChI is InChI=1S/C19H21FN2O4S/c1-22(11-14-4-2-5-16(20)10-14)17(23)12-26-18(24)6-3-8-21-19(25)15-7-9-27-13-15/h2,4-5,7,9-10,13H,3,6,8,11-12H2,1H3,(H,21,25). The van der Waals surface area contributed by atoms with Crippen molar-refractivity contribution in [1.29, 1.82) is 0 Å². The molecule has 0 spiro atoms. The fourth-order valence-electron chi connectivity index (χ4n) is 2.25. The molecule has 2 amide bonds. The summed E-state index contributed by atoms with van der Waals surface area (Å²) in [5.41, 5.74) is 1.24. The Morgan fingerprint density at radius 1 is 1.26 bits per heavy atom. The van der Waals surface area contributed by atoms with Crippen LogP contribution in [0.3, 0.4) is 0 Å². The zero-order valence-electron chi connectivity index (χ0n) is 14.9. The summed E-state index contributed by atoms with van der Waals surface area (Å²) in [5, 5.41) is 6.27. The second-order valence-electron chi connectivity index (χ2n) is 5.91. The number of hydrogen-bond donors (Lipinski definition) is 1. The lowest BCUT2D eigenvalue weighted by Crippen LogP contribution is -2.31. The van der Waals surface area contributed by atoms with Crippen LogP contribution in [0.15, 0.2) is 41.1 Å². The Balaban J connectivity index is 1.61. The number of amides is 2. The predicted octanol–water partition coefficient (Wildman–Crippen LogP) is 2.60. The molecule has 6 nitrogen and oxygen atoms in total. The molecule has 0 bridgehead atoms. The molecule has 0 saturated carbocycles. The molecule has 0 aliphatic heterocycles. The minimum atomic E-state index is -0.507. The number of carbonyl (C=O) groups excluding carboxylic acids is 3. The van der Waals surface area contributed by atoms with Crippen molar-refractivity contribution < 1.29 is 23.5 Å². The maximum absolute atomic E-state index is 13.2. The molecule has 144 valence electrons. The lowest BCUT2D eigenvalue weighted by atomic mass is 10.2. The third kappa shape index (κ3) is 7.18. The maximum atomic E-state index is 13.2. The molecule has 1 aromatic carbocycles. The minimum Gasteiger partial charge on any atom is -0.456 e. The van der Waals surface area contributed by atoms with E-state index in [9.17, 15) is 18.8 Å². The van der Waals surface area contributed by atoms with Crippen molar-refractivity contribution in [2.45, 2.75) is 19.4 Å². The fourth-order valence-corrected chi connectivity index (χ4v) is 2.89. The first-order valence-corrected chi connectivity index (χ1v) is 9.34. The highest BCUT2D eigenvalue weighted by Crippen LogP contribution is 2.07. The molecule has 8 heteroatoms. The Hall–Kier alpha value is -2.74. The number of hydrogen-bond acceptors (Lipinski definition) is 5. The molecule has 0 unspecified atom stereocenters. The lowest BCUT2D eigenvalue weighted by Gasteiger charge is -2.17. The third-order valence-corrected chi connectivity index (χ3v) is 4.40. The molecule has 2 rings (SSSR count). The summed E-state index contributed by atoms with van der Waals surface area (Å²) in [5.74, 6) is -1.43. The highest BCUT2D eigenvalue weighted by Gasteiger charge is 2.13. The SMILES string of the molecule is CN(Cc1cccc(F)c1)C(=O)COC(=O)CCCNC(=O)c1ccsc1. The number of rotatable bonds is 9. The Kier molecular flexibility index (Phi) is 7.94. The number of likely N-dealkylation sites (N-methyl/N-ethyl adjacent to an activating group) is 1. The third-order valence-electron chi connectivity index (χ3n) is 3.72. The molecule has 1 heterocycles. The van der Waals surface area contributed by atoms with E-state index >= 15 is 0 Å². The zero-order chi connectivity index (χ0) is 19.6. The number of ether oxygens (including phenoxy) is 1. The fraction of sp³-hybridized carbons (Fsp3) is 0.316. The summed E-state index contributed by atoms with van der Waals surface area (Å²) < 4.78 is 18.1. The van der Waals surface area contributed by atoms with Crippen molar-refractivity contribution in [3.05, 3.63) is 58.0 Å². The molecule has 1 N–H and O–H groups in total. The first kappa shape index (κ1) is 20.6. The molecule has 0 atom stereocenters. The van der Waals surface area contributed by atoms with Gasteiger partial charge in [0.15, 0.2) is 6.61 Å². The van der Waals surface area contributed by atoms with Crippen molar-refractivity contribution >= 4 is 29.1 Å². The van der Waals surface area contributed by atoms with Crippen LogP contribution in [-0.4, -0.2) is 42.9 Å². The monoisotopic (exact) mass is 392 g/mol. The highest BCUT2D eigenvalue weighted by molar-refractivity contribution is 7.08. The van der Waals surface area contributed by atoms with Gasteiger partial charge in [-0.05, 0) is 35.6 Å². The van der Waals surface area contributed by atoms with Crippen molar-refractivity contribution in [2.75, 3.05) is 20.2 Å². The van der Waals surface area contributed by atoms with Gasteiger partial charge >= 0.3 is 5.97 Å². The van der Waals surface area contributed by atoms with E-state index in [0.717, 1.165) is 0 Å². The molecule has 0 aliphatic carbocycles. The normalized spacial score (nSPS) is 10.3. The molecule has 27 heavy (non-hydrogen) atoms. The quantitative estimate of drug-likeness (QED) is 0.526. The van der Waals surface area contributed by atoms with E-state index in [1.54, 1.807) is 30.6 Å². The van der Waals surface area contributed by atoms with Crippen LogP contribution in [0.5, 0.6) is 0 Å². The van der Waals surface area contributed by atoms with Crippen molar-refractivity contribution in [3.8, 4) is 0 Å². The predicted molar refractivity (Wildman–Crippen MR) is 99.7 cm³/mol. The summed E-state index contributed by atoms with van der Waals surface area (Å²) >= 11 is 1.44. The second kappa shape index (κ2) is 10.4. The Morgan fingerprint density at radius 2 is 2.07 bits per heavy atom. The number of nitrogens with zero attached hydrogens (tertiary/aromatic N) is 1. The number of benzene rings is 1. The van der Waals surface area contributed by atoms with Crippen LogP contribution in [0.2, 0.25) is 0 Å². The average Bonchev–Trinajstić information content (AvgIpc) is 3.18. The summed E-state index contributed by atoms with van der Waals surface area (Å²) in [6.45, 7) is 0.200. The van der Waals surface area contributed by atoms with Crippen molar-refractivity contribution in [1.82, 2.24) is 10.2 Å². The Morgan fingerprint density at radius 3 is 2.78 bits per heavy atom. The number of halogens is 1. The molecule has 1 aromatic heterocycles. The number of esters is 1. The van der Waals surface area contributed by atoms with Crippen LogP contribution >= 0.6 is 11.3 Å². The van der Waals surface area contributed by atoms with Gasteiger partial charge in [-0.2, -0.15) is 11.3 Å². The van der Waals surface area contributed by atoms with Crippen LogP contribution in [-0.2, 0) is 20.9 Å². The number of thiophene rings is 1. The molecule has 0 saturated heterocycles. The number of nitrogens with one attached hydrogen (secondary N) is 1. The Labute approximate surface area is 160 Å². The summed E-state index contributed by atoms with van der Waals surface area (Å²) in [6.07, 6.45) is 0.521. The first-order valence-electron chi connectivity index (χ1n) is 8.40. The summed E-state index contributed by atoms with van der Waals surface area (Å²) in [6, 6.07) is 7.68. The topological polar surface area (TPSA) is 75.7 Å². The van der Waals surface area contributed by atoms with E-state index in [4.69, 9.17) is 4.74 Å². The largest absolute Gasteiger partial charge is 0.456 e. The van der Waals surface area contributed by atoms with Crippen LogP contribution < -0.4 is 5.32 Å². The molecular weight excluding hydrogens is 371 g/mol. The zero-order valence-corrected chi connectivity index (χ0v) is 15.8. The molecule has 2 aromatic rings. The van der Waals surface area contributed by atoms with Crippen molar-refractivity contribution in [2.24, 2.45) is 0 Å². The molecule has 0 fully saturated rings. The van der Waals surface area contributed by atoms with Crippen LogP contribution in [0.4, 0.5) is 4.39 Å². The van der Waals surface area contributed by atoms with E-state index in [0.29, 0.717) is 24.1 Å². The maximum Gasteiger partial charge on any atom is 0.306 e. The van der Waals surface area contributed by atoms with Gasteiger partial charge in [0.2, 0.25) is 0 Å². The second-order valence-corrected chi connectivity index (χ2v) is 6.69. The smallest absolute Gasteiger partial charge is 0.306 e. The lowest BCUT2D eigenvalue weighted by molar-refractivity contribution is -0.151. The molecular formula is C19H21FN2O4S. The van der Waals surface area contributed by atoms with Gasteiger partial charge in [-0.25, -0.2) is 4.39 Å². The minimum absolute atomic E-state index is 0.102.